The van der Waals surface area contributed by atoms with E-state index in [0.717, 1.165) is 33.5 Å². The Hall–Kier alpha value is -2.31. The zero-order valence-electron chi connectivity index (χ0n) is 14.7. The number of ether oxygens (including phenoxy) is 1. The number of nitrogens with one attached hydrogen (secondary N) is 1. The van der Waals surface area contributed by atoms with Crippen molar-refractivity contribution in [3.05, 3.63) is 58.7 Å². The summed E-state index contributed by atoms with van der Waals surface area (Å²) in [6, 6.07) is 12.6. The summed E-state index contributed by atoms with van der Waals surface area (Å²) in [5.74, 6) is 0.722. The lowest BCUT2D eigenvalue weighted by molar-refractivity contribution is 0.415. The summed E-state index contributed by atoms with van der Waals surface area (Å²) >= 11 is 6.32. The third-order valence-electron chi connectivity index (χ3n) is 4.16. The molecule has 0 aliphatic rings. The van der Waals surface area contributed by atoms with Gasteiger partial charge in [0, 0.05) is 35.5 Å². The molecule has 1 aromatic heterocycles. The van der Waals surface area contributed by atoms with Gasteiger partial charge in [-0.15, -0.1) is 0 Å². The second-order valence-electron chi connectivity index (χ2n) is 6.10. The fourth-order valence-corrected chi connectivity index (χ4v) is 3.49. The Morgan fingerprint density at radius 2 is 1.92 bits per heavy atom. The van der Waals surface area contributed by atoms with Crippen LogP contribution < -0.4 is 10.1 Å². The molecule has 2 aromatic carbocycles. The normalized spacial score (nSPS) is 11.5. The van der Waals surface area contributed by atoms with Crippen molar-refractivity contribution in [1.82, 2.24) is 4.98 Å². The van der Waals surface area contributed by atoms with Crippen LogP contribution in [0.15, 0.2) is 47.4 Å². The standard InChI is InChI=1S/C19H19ClN2O3S/c1-12-4-7-16(26(3,23)24)10-17(12)21-11-14-8-13-5-6-15(25-2)9-18(13)22-19(14)20/h4-10,21H,11H2,1-3H3. The van der Waals surface area contributed by atoms with Crippen LogP contribution in [-0.2, 0) is 16.4 Å². The molecule has 0 radical (unpaired) electrons. The summed E-state index contributed by atoms with van der Waals surface area (Å²) < 4.78 is 28.7. The average Bonchev–Trinajstić information content (AvgIpc) is 2.59. The number of hydrogen-bond acceptors (Lipinski definition) is 5. The van der Waals surface area contributed by atoms with Crippen molar-refractivity contribution < 1.29 is 13.2 Å². The number of fused-ring (bicyclic) bond motifs is 1. The zero-order valence-corrected chi connectivity index (χ0v) is 16.3. The number of aromatic nitrogens is 1. The molecular formula is C19H19ClN2O3S. The van der Waals surface area contributed by atoms with Gasteiger partial charge in [-0.05, 0) is 42.8 Å². The van der Waals surface area contributed by atoms with Crippen molar-refractivity contribution in [3.8, 4) is 5.75 Å². The molecule has 0 unspecified atom stereocenters. The number of pyridine rings is 1. The summed E-state index contributed by atoms with van der Waals surface area (Å²) in [4.78, 5) is 4.70. The fraction of sp³-hybridized carbons (Fsp3) is 0.211. The summed E-state index contributed by atoms with van der Waals surface area (Å²) in [7, 11) is -1.65. The quantitative estimate of drug-likeness (QED) is 0.660. The number of hydrogen-bond donors (Lipinski definition) is 1. The Bertz CT molecular complexity index is 1080. The van der Waals surface area contributed by atoms with E-state index in [1.54, 1.807) is 25.3 Å². The van der Waals surface area contributed by atoms with E-state index in [1.807, 2.05) is 31.2 Å². The van der Waals surface area contributed by atoms with E-state index in [0.29, 0.717) is 11.7 Å². The van der Waals surface area contributed by atoms with Crippen molar-refractivity contribution in [2.75, 3.05) is 18.7 Å². The Balaban J connectivity index is 1.89. The molecule has 0 saturated heterocycles. The van der Waals surface area contributed by atoms with Crippen LogP contribution in [0, 0.1) is 6.92 Å². The number of anilines is 1. The Labute approximate surface area is 157 Å². The highest BCUT2D eigenvalue weighted by atomic mass is 35.5. The van der Waals surface area contributed by atoms with Crippen LogP contribution >= 0.6 is 11.6 Å². The Morgan fingerprint density at radius 3 is 2.62 bits per heavy atom. The highest BCUT2D eigenvalue weighted by molar-refractivity contribution is 7.90. The van der Waals surface area contributed by atoms with Crippen LogP contribution in [0.3, 0.4) is 0 Å². The van der Waals surface area contributed by atoms with Crippen LogP contribution in [0.1, 0.15) is 11.1 Å². The van der Waals surface area contributed by atoms with Gasteiger partial charge in [0.1, 0.15) is 10.9 Å². The molecule has 0 amide bonds. The van der Waals surface area contributed by atoms with E-state index in [1.165, 1.54) is 6.26 Å². The SMILES string of the molecule is COc1ccc2cc(CNc3cc(S(C)(=O)=O)ccc3C)c(Cl)nc2c1. The van der Waals surface area contributed by atoms with Gasteiger partial charge < -0.3 is 10.1 Å². The number of sulfone groups is 1. The van der Waals surface area contributed by atoms with Gasteiger partial charge in [-0.3, -0.25) is 0 Å². The van der Waals surface area contributed by atoms with Crippen LogP contribution in [-0.4, -0.2) is 26.8 Å². The number of rotatable bonds is 5. The summed E-state index contributed by atoms with van der Waals surface area (Å²) in [5.41, 5.74) is 3.28. The molecule has 26 heavy (non-hydrogen) atoms. The fourth-order valence-electron chi connectivity index (χ4n) is 2.63. The number of nitrogens with zero attached hydrogens (tertiary/aromatic N) is 1. The first-order valence-corrected chi connectivity index (χ1v) is 10.2. The maximum Gasteiger partial charge on any atom is 0.175 e. The van der Waals surface area contributed by atoms with Crippen LogP contribution in [0.25, 0.3) is 10.9 Å². The minimum Gasteiger partial charge on any atom is -0.497 e. The second-order valence-corrected chi connectivity index (χ2v) is 8.47. The van der Waals surface area contributed by atoms with Crippen LogP contribution in [0.4, 0.5) is 5.69 Å². The molecule has 1 N–H and O–H groups in total. The van der Waals surface area contributed by atoms with Gasteiger partial charge in [0.2, 0.25) is 0 Å². The lowest BCUT2D eigenvalue weighted by Crippen LogP contribution is -2.05. The monoisotopic (exact) mass is 390 g/mol. The topological polar surface area (TPSA) is 68.3 Å². The predicted molar refractivity (Wildman–Crippen MR) is 105 cm³/mol. The van der Waals surface area contributed by atoms with E-state index >= 15 is 0 Å². The van der Waals surface area contributed by atoms with Gasteiger partial charge in [-0.2, -0.15) is 0 Å². The minimum atomic E-state index is -3.26. The van der Waals surface area contributed by atoms with Gasteiger partial charge in [0.15, 0.2) is 9.84 Å². The largest absolute Gasteiger partial charge is 0.497 e. The van der Waals surface area contributed by atoms with Gasteiger partial charge in [-0.1, -0.05) is 17.7 Å². The molecule has 3 rings (SSSR count). The number of methoxy groups -OCH3 is 1. The first-order chi connectivity index (χ1) is 12.3. The lowest BCUT2D eigenvalue weighted by atomic mass is 10.1. The summed E-state index contributed by atoms with van der Waals surface area (Å²) in [6.07, 6.45) is 1.19. The van der Waals surface area contributed by atoms with Crippen molar-refractivity contribution in [3.63, 3.8) is 0 Å². The molecule has 0 fully saturated rings. The van der Waals surface area contributed by atoms with E-state index in [4.69, 9.17) is 16.3 Å². The first kappa shape index (κ1) is 18.5. The van der Waals surface area contributed by atoms with E-state index in [9.17, 15) is 8.42 Å². The minimum absolute atomic E-state index is 0.278. The molecule has 7 heteroatoms. The summed E-state index contributed by atoms with van der Waals surface area (Å²) in [6.45, 7) is 2.35. The molecule has 0 bridgehead atoms. The first-order valence-electron chi connectivity index (χ1n) is 7.95. The van der Waals surface area contributed by atoms with Crippen molar-refractivity contribution in [2.24, 2.45) is 0 Å². The lowest BCUT2D eigenvalue weighted by Gasteiger charge is -2.13. The highest BCUT2D eigenvalue weighted by Gasteiger charge is 2.11. The van der Waals surface area contributed by atoms with Crippen LogP contribution in [0.2, 0.25) is 5.15 Å². The molecule has 1 heterocycles. The average molecular weight is 391 g/mol. The van der Waals surface area contributed by atoms with Crippen LogP contribution in [0.5, 0.6) is 5.75 Å². The second kappa shape index (κ2) is 7.13. The Kier molecular flexibility index (Phi) is 5.07. The van der Waals surface area contributed by atoms with Crippen molar-refractivity contribution in [2.45, 2.75) is 18.4 Å². The highest BCUT2D eigenvalue weighted by Crippen LogP contribution is 2.26. The maximum atomic E-state index is 11.8. The molecule has 136 valence electrons. The molecule has 0 atom stereocenters. The van der Waals surface area contributed by atoms with Gasteiger partial charge in [-0.25, -0.2) is 13.4 Å². The van der Waals surface area contributed by atoms with Crippen molar-refractivity contribution in [1.29, 1.82) is 0 Å². The van der Waals surface area contributed by atoms with E-state index < -0.39 is 9.84 Å². The molecular weight excluding hydrogens is 372 g/mol. The van der Waals surface area contributed by atoms with Gasteiger partial charge >= 0.3 is 0 Å². The number of aryl methyl sites for hydroxylation is 1. The molecule has 5 nitrogen and oxygen atoms in total. The van der Waals surface area contributed by atoms with E-state index in [2.05, 4.69) is 10.3 Å². The van der Waals surface area contributed by atoms with E-state index in [-0.39, 0.29) is 4.90 Å². The third-order valence-corrected chi connectivity index (χ3v) is 5.59. The van der Waals surface area contributed by atoms with Crippen molar-refractivity contribution >= 4 is 38.0 Å². The molecule has 0 aliphatic heterocycles. The zero-order chi connectivity index (χ0) is 18.9. The molecule has 3 aromatic rings. The number of halogens is 1. The van der Waals surface area contributed by atoms with Gasteiger partial charge in [0.05, 0.1) is 17.5 Å². The van der Waals surface area contributed by atoms with Gasteiger partial charge in [0.25, 0.3) is 0 Å². The number of benzene rings is 2. The predicted octanol–water partition coefficient (Wildman–Crippen LogP) is 4.22. The maximum absolute atomic E-state index is 11.8. The Morgan fingerprint density at radius 1 is 1.15 bits per heavy atom. The smallest absolute Gasteiger partial charge is 0.175 e. The summed E-state index contributed by atoms with van der Waals surface area (Å²) in [5, 5.41) is 4.61. The molecule has 0 spiro atoms. The molecule has 0 aliphatic carbocycles. The molecule has 0 saturated carbocycles. The third kappa shape index (κ3) is 3.92.